The second-order valence-electron chi connectivity index (χ2n) is 4.19. The van der Waals surface area contributed by atoms with Crippen molar-refractivity contribution in [1.29, 1.82) is 0 Å². The maximum Gasteiger partial charge on any atom is 0.0488 e. The molecule has 4 heteroatoms. The normalized spacial score (nSPS) is 10.3. The quantitative estimate of drug-likeness (QED) is 0.851. The molecule has 94 valence electrons. The Hall–Kier alpha value is -1.55. The fourth-order valence-corrected chi connectivity index (χ4v) is 2.20. The number of nitrogens with zero attached hydrogens (tertiary/aromatic N) is 1. The van der Waals surface area contributed by atoms with Gasteiger partial charge in [-0.05, 0) is 52.7 Å². The van der Waals surface area contributed by atoms with Gasteiger partial charge in [0, 0.05) is 40.7 Å². The molecule has 2 aromatic rings. The molecule has 0 saturated heterocycles. The van der Waals surface area contributed by atoms with Crippen LogP contribution in [0.1, 0.15) is 11.3 Å². The molecule has 3 N–H and O–H groups in total. The monoisotopic (exact) mass is 305 g/mol. The Morgan fingerprint density at radius 3 is 2.89 bits per heavy atom. The summed E-state index contributed by atoms with van der Waals surface area (Å²) >= 11 is 3.51. The lowest BCUT2D eigenvalue weighted by atomic mass is 10.2. The van der Waals surface area contributed by atoms with Gasteiger partial charge in [-0.25, -0.2) is 0 Å². The smallest absolute Gasteiger partial charge is 0.0488 e. The maximum atomic E-state index is 5.84. The summed E-state index contributed by atoms with van der Waals surface area (Å²) in [5.74, 6) is 0. The lowest BCUT2D eigenvalue weighted by Gasteiger charge is -2.11. The Morgan fingerprint density at radius 2 is 2.17 bits per heavy atom. The summed E-state index contributed by atoms with van der Waals surface area (Å²) in [6.07, 6.45) is 2.72. The van der Waals surface area contributed by atoms with Gasteiger partial charge in [-0.3, -0.25) is 4.98 Å². The van der Waals surface area contributed by atoms with Gasteiger partial charge in [-0.2, -0.15) is 0 Å². The van der Waals surface area contributed by atoms with E-state index in [2.05, 4.69) is 32.3 Å². The van der Waals surface area contributed by atoms with Gasteiger partial charge in [0.25, 0.3) is 0 Å². The van der Waals surface area contributed by atoms with Crippen LogP contribution in [0.2, 0.25) is 0 Å². The zero-order chi connectivity index (χ0) is 13.0. The average molecular weight is 306 g/mol. The van der Waals surface area contributed by atoms with Crippen molar-refractivity contribution in [3.63, 3.8) is 0 Å². The van der Waals surface area contributed by atoms with Gasteiger partial charge in [0.05, 0.1) is 0 Å². The van der Waals surface area contributed by atoms with Crippen LogP contribution in [0.5, 0.6) is 0 Å². The van der Waals surface area contributed by atoms with Crippen molar-refractivity contribution in [3.8, 4) is 0 Å². The highest BCUT2D eigenvalue weighted by Crippen LogP contribution is 2.27. The number of nitrogen functional groups attached to an aromatic ring is 1. The number of benzene rings is 1. The molecule has 0 aliphatic rings. The number of nitrogens with two attached hydrogens (primary N) is 1. The van der Waals surface area contributed by atoms with Crippen molar-refractivity contribution < 1.29 is 0 Å². The first kappa shape index (κ1) is 12.9. The molecule has 1 aromatic carbocycles. The van der Waals surface area contributed by atoms with Crippen molar-refractivity contribution in [2.75, 3.05) is 17.6 Å². The SMILES string of the molecule is Cc1cc(NCCc2ccccn2)c(Br)cc1N. The number of hydrogen-bond donors (Lipinski definition) is 2. The van der Waals surface area contributed by atoms with Gasteiger partial charge in [0.2, 0.25) is 0 Å². The summed E-state index contributed by atoms with van der Waals surface area (Å²) in [4.78, 5) is 4.29. The van der Waals surface area contributed by atoms with E-state index in [4.69, 9.17) is 5.73 Å². The maximum absolute atomic E-state index is 5.84. The van der Waals surface area contributed by atoms with E-state index in [-0.39, 0.29) is 0 Å². The molecule has 2 rings (SSSR count). The number of anilines is 2. The van der Waals surface area contributed by atoms with E-state index in [1.54, 1.807) is 0 Å². The largest absolute Gasteiger partial charge is 0.398 e. The molecule has 0 atom stereocenters. The lowest BCUT2D eigenvalue weighted by Crippen LogP contribution is -2.07. The summed E-state index contributed by atoms with van der Waals surface area (Å²) < 4.78 is 0.992. The number of nitrogens with one attached hydrogen (secondary N) is 1. The summed E-state index contributed by atoms with van der Waals surface area (Å²) in [6.45, 7) is 2.85. The van der Waals surface area contributed by atoms with E-state index >= 15 is 0 Å². The number of hydrogen-bond acceptors (Lipinski definition) is 3. The Kier molecular flexibility index (Phi) is 4.20. The highest BCUT2D eigenvalue weighted by molar-refractivity contribution is 9.10. The zero-order valence-corrected chi connectivity index (χ0v) is 11.9. The van der Waals surface area contributed by atoms with E-state index in [0.29, 0.717) is 0 Å². The van der Waals surface area contributed by atoms with Crippen LogP contribution in [0.15, 0.2) is 41.0 Å². The lowest BCUT2D eigenvalue weighted by molar-refractivity contribution is 0.960. The Morgan fingerprint density at radius 1 is 1.33 bits per heavy atom. The number of aromatic nitrogens is 1. The van der Waals surface area contributed by atoms with E-state index in [9.17, 15) is 0 Å². The van der Waals surface area contributed by atoms with Crippen LogP contribution in [-0.4, -0.2) is 11.5 Å². The number of aryl methyl sites for hydroxylation is 1. The van der Waals surface area contributed by atoms with Crippen molar-refractivity contribution in [2.45, 2.75) is 13.3 Å². The van der Waals surface area contributed by atoms with E-state index in [1.807, 2.05) is 37.4 Å². The van der Waals surface area contributed by atoms with Gasteiger partial charge < -0.3 is 11.1 Å². The van der Waals surface area contributed by atoms with Crippen molar-refractivity contribution in [2.24, 2.45) is 0 Å². The molecular formula is C14H16BrN3. The number of halogens is 1. The van der Waals surface area contributed by atoms with Gasteiger partial charge in [-0.1, -0.05) is 6.07 Å². The standard InChI is InChI=1S/C14H16BrN3/c1-10-8-14(12(15)9-13(10)16)18-7-5-11-4-2-3-6-17-11/h2-4,6,8-9,18H,5,7,16H2,1H3. The molecule has 18 heavy (non-hydrogen) atoms. The van der Waals surface area contributed by atoms with Crippen LogP contribution in [0.25, 0.3) is 0 Å². The predicted octanol–water partition coefficient (Wildman–Crippen LogP) is 3.39. The Balaban J connectivity index is 1.97. The van der Waals surface area contributed by atoms with Crippen LogP contribution in [0.3, 0.4) is 0 Å². The van der Waals surface area contributed by atoms with E-state index in [1.165, 1.54) is 0 Å². The Labute approximate surface area is 116 Å². The summed E-state index contributed by atoms with van der Waals surface area (Å²) in [7, 11) is 0. The van der Waals surface area contributed by atoms with Crippen molar-refractivity contribution in [3.05, 3.63) is 52.3 Å². The summed E-state index contributed by atoms with van der Waals surface area (Å²) in [5.41, 5.74) is 9.88. The highest BCUT2D eigenvalue weighted by atomic mass is 79.9. The first-order valence-electron chi connectivity index (χ1n) is 5.86. The second kappa shape index (κ2) is 5.87. The Bertz CT molecular complexity index is 526. The molecule has 3 nitrogen and oxygen atoms in total. The van der Waals surface area contributed by atoms with Gasteiger partial charge >= 0.3 is 0 Å². The first-order chi connectivity index (χ1) is 8.66. The van der Waals surface area contributed by atoms with Crippen molar-refractivity contribution in [1.82, 2.24) is 4.98 Å². The molecular weight excluding hydrogens is 290 g/mol. The van der Waals surface area contributed by atoms with Gasteiger partial charge in [-0.15, -0.1) is 0 Å². The zero-order valence-electron chi connectivity index (χ0n) is 10.3. The first-order valence-corrected chi connectivity index (χ1v) is 6.65. The third-order valence-corrected chi connectivity index (χ3v) is 3.43. The molecule has 0 fully saturated rings. The number of pyridine rings is 1. The summed E-state index contributed by atoms with van der Waals surface area (Å²) in [6, 6.07) is 9.95. The second-order valence-corrected chi connectivity index (χ2v) is 5.04. The molecule has 0 aliphatic carbocycles. The molecule has 0 amide bonds. The van der Waals surface area contributed by atoms with E-state index < -0.39 is 0 Å². The van der Waals surface area contributed by atoms with Crippen molar-refractivity contribution >= 4 is 27.3 Å². The van der Waals surface area contributed by atoms with Gasteiger partial charge in [0.15, 0.2) is 0 Å². The molecule has 0 radical (unpaired) electrons. The van der Waals surface area contributed by atoms with Crippen LogP contribution in [0.4, 0.5) is 11.4 Å². The third-order valence-electron chi connectivity index (χ3n) is 2.78. The molecule has 0 saturated carbocycles. The molecule has 0 unspecified atom stereocenters. The number of rotatable bonds is 4. The molecule has 1 heterocycles. The average Bonchev–Trinajstić information content (AvgIpc) is 2.37. The molecule has 1 aromatic heterocycles. The molecule has 0 aliphatic heterocycles. The fourth-order valence-electron chi connectivity index (χ4n) is 1.70. The fraction of sp³-hybridized carbons (Fsp3) is 0.214. The minimum absolute atomic E-state index is 0.803. The highest BCUT2D eigenvalue weighted by Gasteiger charge is 2.03. The van der Waals surface area contributed by atoms with Crippen LogP contribution >= 0.6 is 15.9 Å². The minimum atomic E-state index is 0.803. The molecule has 0 spiro atoms. The molecule has 0 bridgehead atoms. The third kappa shape index (κ3) is 3.23. The minimum Gasteiger partial charge on any atom is -0.398 e. The predicted molar refractivity (Wildman–Crippen MR) is 79.7 cm³/mol. The van der Waals surface area contributed by atoms with Crippen LogP contribution in [-0.2, 0) is 6.42 Å². The summed E-state index contributed by atoms with van der Waals surface area (Å²) in [5, 5.41) is 3.39. The van der Waals surface area contributed by atoms with Gasteiger partial charge in [0.1, 0.15) is 0 Å². The van der Waals surface area contributed by atoms with Crippen LogP contribution < -0.4 is 11.1 Å². The topological polar surface area (TPSA) is 50.9 Å². The van der Waals surface area contributed by atoms with Crippen LogP contribution in [0, 0.1) is 6.92 Å². The van der Waals surface area contributed by atoms with E-state index in [0.717, 1.165) is 40.1 Å².